The Balaban J connectivity index is 2.63. The van der Waals surface area contributed by atoms with Gasteiger partial charge in [0.15, 0.2) is 0 Å². The molecule has 1 rings (SSSR count). The minimum absolute atomic E-state index is 0.505. The lowest BCUT2D eigenvalue weighted by molar-refractivity contribution is -0.133. The largest absolute Gasteiger partial charge is 0.459 e. The molecule has 0 bridgehead atoms. The van der Waals surface area contributed by atoms with Crippen LogP contribution in [0.4, 0.5) is 0 Å². The van der Waals surface area contributed by atoms with Crippen molar-refractivity contribution in [2.75, 3.05) is 7.11 Å². The maximum absolute atomic E-state index is 10.8. The lowest BCUT2D eigenvalue weighted by Gasteiger charge is -1.99. The van der Waals surface area contributed by atoms with E-state index in [0.717, 1.165) is 12.0 Å². The first-order valence-electron chi connectivity index (χ1n) is 5.45. The Bertz CT molecular complexity index is 393. The summed E-state index contributed by atoms with van der Waals surface area (Å²) in [5.74, 6) is 4.65. The van der Waals surface area contributed by atoms with Gasteiger partial charge >= 0.3 is 5.97 Å². The molecule has 0 saturated carbocycles. The monoisotopic (exact) mass is 216 g/mol. The van der Waals surface area contributed by atoms with Crippen molar-refractivity contribution >= 4 is 5.97 Å². The van der Waals surface area contributed by atoms with Gasteiger partial charge in [0.1, 0.15) is 0 Å². The molecule has 0 aliphatic heterocycles. The summed E-state index contributed by atoms with van der Waals surface area (Å²) in [4.78, 5) is 10.8. The van der Waals surface area contributed by atoms with E-state index in [0.29, 0.717) is 0 Å². The maximum Gasteiger partial charge on any atom is 0.384 e. The Morgan fingerprint density at radius 2 is 2.00 bits per heavy atom. The normalized spacial score (nSPS) is 9.12. The Kier molecular flexibility index (Phi) is 5.15. The van der Waals surface area contributed by atoms with E-state index in [4.69, 9.17) is 0 Å². The first-order valence-corrected chi connectivity index (χ1v) is 5.45. The lowest BCUT2D eigenvalue weighted by Crippen LogP contribution is -1.94. The fraction of sp³-hybridized carbons (Fsp3) is 0.357. The fourth-order valence-corrected chi connectivity index (χ4v) is 1.31. The minimum atomic E-state index is -0.505. The van der Waals surface area contributed by atoms with Gasteiger partial charge in [-0.25, -0.2) is 4.79 Å². The molecule has 16 heavy (non-hydrogen) atoms. The third kappa shape index (κ3) is 4.18. The van der Waals surface area contributed by atoms with E-state index in [2.05, 4.69) is 35.6 Å². The van der Waals surface area contributed by atoms with Gasteiger partial charge in [-0.05, 0) is 30.5 Å². The van der Waals surface area contributed by atoms with E-state index >= 15 is 0 Å². The maximum atomic E-state index is 10.8. The number of methoxy groups -OCH3 is 1. The van der Waals surface area contributed by atoms with Crippen LogP contribution < -0.4 is 0 Å². The van der Waals surface area contributed by atoms with Gasteiger partial charge < -0.3 is 4.74 Å². The van der Waals surface area contributed by atoms with Gasteiger partial charge in [-0.3, -0.25) is 0 Å². The molecule has 0 spiro atoms. The van der Waals surface area contributed by atoms with Crippen LogP contribution in [0, 0.1) is 11.8 Å². The van der Waals surface area contributed by atoms with Crippen LogP contribution in [0.25, 0.3) is 0 Å². The second-order valence-electron chi connectivity index (χ2n) is 3.54. The molecular weight excluding hydrogens is 200 g/mol. The van der Waals surface area contributed by atoms with Gasteiger partial charge in [0, 0.05) is 11.5 Å². The van der Waals surface area contributed by atoms with Crippen LogP contribution >= 0.6 is 0 Å². The highest BCUT2D eigenvalue weighted by Crippen LogP contribution is 2.06. The summed E-state index contributed by atoms with van der Waals surface area (Å²) < 4.78 is 4.44. The number of aryl methyl sites for hydroxylation is 1. The molecule has 0 amide bonds. The zero-order valence-corrected chi connectivity index (χ0v) is 9.75. The Hall–Kier alpha value is -1.75. The van der Waals surface area contributed by atoms with E-state index < -0.39 is 5.97 Å². The predicted molar refractivity (Wildman–Crippen MR) is 63.9 cm³/mol. The molecule has 0 aliphatic rings. The molecule has 0 saturated heterocycles. The van der Waals surface area contributed by atoms with Gasteiger partial charge in [-0.2, -0.15) is 0 Å². The van der Waals surface area contributed by atoms with Crippen LogP contribution in [0.5, 0.6) is 0 Å². The van der Waals surface area contributed by atoms with E-state index in [1.165, 1.54) is 25.5 Å². The fourth-order valence-electron chi connectivity index (χ4n) is 1.31. The second kappa shape index (κ2) is 6.68. The molecule has 0 heterocycles. The Labute approximate surface area is 96.6 Å². The topological polar surface area (TPSA) is 26.3 Å². The van der Waals surface area contributed by atoms with E-state index in [9.17, 15) is 4.79 Å². The first-order chi connectivity index (χ1) is 7.76. The van der Waals surface area contributed by atoms with Crippen molar-refractivity contribution in [2.45, 2.75) is 26.2 Å². The van der Waals surface area contributed by atoms with Gasteiger partial charge in [0.25, 0.3) is 0 Å². The van der Waals surface area contributed by atoms with Crippen LogP contribution in [-0.4, -0.2) is 13.1 Å². The van der Waals surface area contributed by atoms with E-state index in [1.54, 1.807) is 0 Å². The van der Waals surface area contributed by atoms with Crippen molar-refractivity contribution in [3.8, 4) is 11.8 Å². The smallest absolute Gasteiger partial charge is 0.384 e. The summed E-state index contributed by atoms with van der Waals surface area (Å²) in [6.07, 6.45) is 3.50. The highest BCUT2D eigenvalue weighted by atomic mass is 16.5. The number of esters is 1. The van der Waals surface area contributed by atoms with Crippen molar-refractivity contribution in [1.29, 1.82) is 0 Å². The Morgan fingerprint density at radius 1 is 1.31 bits per heavy atom. The van der Waals surface area contributed by atoms with Gasteiger partial charge in [0.05, 0.1) is 7.11 Å². The SMILES string of the molecule is CCCCc1ccc(C#CC(=O)OC)cc1. The van der Waals surface area contributed by atoms with Crippen molar-refractivity contribution in [2.24, 2.45) is 0 Å². The predicted octanol–water partition coefficient (Wildman–Crippen LogP) is 2.55. The second-order valence-corrected chi connectivity index (χ2v) is 3.54. The number of hydrogen-bond donors (Lipinski definition) is 0. The molecule has 0 fully saturated rings. The van der Waals surface area contributed by atoms with Crippen molar-refractivity contribution in [3.63, 3.8) is 0 Å². The van der Waals surface area contributed by atoms with Gasteiger partial charge in [-0.15, -0.1) is 0 Å². The van der Waals surface area contributed by atoms with Crippen LogP contribution in [0.2, 0.25) is 0 Å². The number of benzene rings is 1. The highest BCUT2D eigenvalue weighted by molar-refractivity contribution is 5.88. The van der Waals surface area contributed by atoms with Crippen molar-refractivity contribution < 1.29 is 9.53 Å². The number of carbonyl (C=O) groups is 1. The molecular formula is C14H16O2. The molecule has 0 atom stereocenters. The van der Waals surface area contributed by atoms with Gasteiger partial charge in [0.2, 0.25) is 0 Å². The number of hydrogen-bond acceptors (Lipinski definition) is 2. The molecule has 0 aromatic heterocycles. The molecule has 84 valence electrons. The number of rotatable bonds is 3. The highest BCUT2D eigenvalue weighted by Gasteiger charge is 1.93. The molecule has 0 N–H and O–H groups in total. The van der Waals surface area contributed by atoms with Crippen LogP contribution in [0.15, 0.2) is 24.3 Å². The molecule has 1 aromatic carbocycles. The van der Waals surface area contributed by atoms with E-state index in [1.807, 2.05) is 12.1 Å². The molecule has 2 nitrogen and oxygen atoms in total. The van der Waals surface area contributed by atoms with Crippen molar-refractivity contribution in [3.05, 3.63) is 35.4 Å². The molecule has 1 aromatic rings. The Morgan fingerprint density at radius 3 is 2.56 bits per heavy atom. The summed E-state index contributed by atoms with van der Waals surface area (Å²) in [6.45, 7) is 2.18. The summed E-state index contributed by atoms with van der Waals surface area (Å²) >= 11 is 0. The lowest BCUT2D eigenvalue weighted by atomic mass is 10.1. The quantitative estimate of drug-likeness (QED) is 0.573. The van der Waals surface area contributed by atoms with Crippen molar-refractivity contribution in [1.82, 2.24) is 0 Å². The summed E-state index contributed by atoms with van der Waals surface area (Å²) in [7, 11) is 1.32. The zero-order chi connectivity index (χ0) is 11.8. The zero-order valence-electron chi connectivity index (χ0n) is 9.75. The number of ether oxygens (including phenoxy) is 1. The van der Waals surface area contributed by atoms with Crippen LogP contribution in [-0.2, 0) is 16.0 Å². The molecule has 0 unspecified atom stereocenters. The van der Waals surface area contributed by atoms with Crippen LogP contribution in [0.3, 0.4) is 0 Å². The van der Waals surface area contributed by atoms with E-state index in [-0.39, 0.29) is 0 Å². The molecule has 0 aliphatic carbocycles. The summed E-state index contributed by atoms with van der Waals surface area (Å²) in [6, 6.07) is 7.97. The summed E-state index contributed by atoms with van der Waals surface area (Å²) in [5, 5.41) is 0. The first kappa shape index (κ1) is 12.3. The average molecular weight is 216 g/mol. The third-order valence-electron chi connectivity index (χ3n) is 2.27. The molecule has 2 heteroatoms. The van der Waals surface area contributed by atoms with Crippen LogP contribution in [0.1, 0.15) is 30.9 Å². The number of carbonyl (C=O) groups excluding carboxylic acids is 1. The standard InChI is InChI=1S/C14H16O2/c1-3-4-5-12-6-8-13(9-7-12)10-11-14(15)16-2/h6-9H,3-5H2,1-2H3. The average Bonchev–Trinajstić information content (AvgIpc) is 2.34. The molecule has 0 radical (unpaired) electrons. The minimum Gasteiger partial charge on any atom is -0.459 e. The van der Waals surface area contributed by atoms with Gasteiger partial charge in [-0.1, -0.05) is 31.4 Å². The number of unbranched alkanes of at least 4 members (excludes halogenated alkanes) is 1. The summed E-state index contributed by atoms with van der Waals surface area (Å²) in [5.41, 5.74) is 2.15. The third-order valence-corrected chi connectivity index (χ3v) is 2.27.